The van der Waals surface area contributed by atoms with Crippen molar-refractivity contribution >= 4 is 5.91 Å². The number of ether oxygens (including phenoxy) is 4. The third kappa shape index (κ3) is 4.87. The molecule has 0 unspecified atom stereocenters. The summed E-state index contributed by atoms with van der Waals surface area (Å²) in [6.07, 6.45) is 2.98. The molecule has 1 aliphatic rings. The number of rotatable bonds is 9. The lowest BCUT2D eigenvalue weighted by Gasteiger charge is -2.15. The van der Waals surface area contributed by atoms with Crippen molar-refractivity contribution in [3.8, 4) is 17.2 Å². The first-order valence-electron chi connectivity index (χ1n) is 8.11. The third-order valence-corrected chi connectivity index (χ3v) is 3.60. The molecule has 0 spiro atoms. The van der Waals surface area contributed by atoms with Crippen molar-refractivity contribution in [2.24, 2.45) is 0 Å². The topological polar surface area (TPSA) is 83.8 Å². The molecule has 2 aromatic rings. The number of carbonyl (C=O) groups is 1. The summed E-state index contributed by atoms with van der Waals surface area (Å²) < 4.78 is 23.4. The molecule has 0 saturated heterocycles. The van der Waals surface area contributed by atoms with Gasteiger partial charge in [0.05, 0.1) is 19.8 Å². The molecule has 0 saturated carbocycles. The zero-order chi connectivity index (χ0) is 17.5. The first-order valence-corrected chi connectivity index (χ1v) is 8.11. The maximum absolute atomic E-state index is 12.0. The molecule has 0 radical (unpaired) electrons. The van der Waals surface area contributed by atoms with Gasteiger partial charge in [-0.2, -0.15) is 5.10 Å². The van der Waals surface area contributed by atoms with Crippen LogP contribution >= 0.6 is 0 Å². The Morgan fingerprint density at radius 2 is 2.24 bits per heavy atom. The van der Waals surface area contributed by atoms with Crippen molar-refractivity contribution in [3.05, 3.63) is 36.7 Å². The minimum Gasteiger partial charge on any atom is -0.481 e. The third-order valence-electron chi connectivity index (χ3n) is 3.60. The number of amides is 1. The van der Waals surface area contributed by atoms with E-state index >= 15 is 0 Å². The number of fused-ring (bicyclic) bond motifs is 1. The molecule has 1 aromatic carbocycles. The molecule has 8 nitrogen and oxygen atoms in total. The van der Waals surface area contributed by atoms with Gasteiger partial charge in [0.2, 0.25) is 6.79 Å². The van der Waals surface area contributed by atoms with Gasteiger partial charge in [-0.25, -0.2) is 0 Å². The summed E-state index contributed by atoms with van der Waals surface area (Å²) in [5.41, 5.74) is 0. The number of carbonyl (C=O) groups excluding carboxylic acids is 1. The number of hydrogen-bond donors (Lipinski definition) is 1. The Kier molecular flexibility index (Phi) is 5.73. The Labute approximate surface area is 145 Å². The van der Waals surface area contributed by atoms with Gasteiger partial charge < -0.3 is 24.3 Å². The molecule has 1 amide bonds. The lowest BCUT2D eigenvalue weighted by molar-refractivity contribution is -0.127. The summed E-state index contributed by atoms with van der Waals surface area (Å²) in [5, 5.41) is 6.86. The molecule has 1 atom stereocenters. The van der Waals surface area contributed by atoms with E-state index in [1.807, 2.05) is 12.3 Å². The molecule has 2 heterocycles. The van der Waals surface area contributed by atoms with Crippen molar-refractivity contribution in [1.29, 1.82) is 0 Å². The Balaban J connectivity index is 1.32. The second-order valence-corrected chi connectivity index (χ2v) is 5.45. The zero-order valence-corrected chi connectivity index (χ0v) is 14.0. The minimum absolute atomic E-state index is 0.201. The van der Waals surface area contributed by atoms with Gasteiger partial charge in [-0.1, -0.05) is 0 Å². The normalized spacial score (nSPS) is 13.5. The Morgan fingerprint density at radius 1 is 1.36 bits per heavy atom. The van der Waals surface area contributed by atoms with Crippen molar-refractivity contribution in [3.63, 3.8) is 0 Å². The van der Waals surface area contributed by atoms with E-state index in [1.165, 1.54) is 0 Å². The Bertz CT molecular complexity index is 690. The van der Waals surface area contributed by atoms with Crippen LogP contribution in [-0.2, 0) is 16.1 Å². The lowest BCUT2D eigenvalue weighted by atomic mass is 10.3. The second kappa shape index (κ2) is 8.39. The molecule has 1 N–H and O–H groups in total. The van der Waals surface area contributed by atoms with E-state index in [0.29, 0.717) is 43.6 Å². The number of hydrogen-bond acceptors (Lipinski definition) is 6. The van der Waals surface area contributed by atoms with Crippen LogP contribution in [0.4, 0.5) is 0 Å². The largest absolute Gasteiger partial charge is 0.481 e. The molecule has 0 aliphatic carbocycles. The molecule has 25 heavy (non-hydrogen) atoms. The SMILES string of the molecule is C[C@H](Oc1ccc2c(c1)OCO2)C(=O)NCCOCCn1cccn1. The van der Waals surface area contributed by atoms with Gasteiger partial charge in [0, 0.05) is 25.0 Å². The van der Waals surface area contributed by atoms with E-state index in [0.717, 1.165) is 0 Å². The molecule has 8 heteroatoms. The fourth-order valence-corrected chi connectivity index (χ4v) is 2.29. The highest BCUT2D eigenvalue weighted by atomic mass is 16.7. The first kappa shape index (κ1) is 17.1. The van der Waals surface area contributed by atoms with E-state index < -0.39 is 6.10 Å². The van der Waals surface area contributed by atoms with Gasteiger partial charge >= 0.3 is 0 Å². The van der Waals surface area contributed by atoms with Crippen LogP contribution < -0.4 is 19.5 Å². The van der Waals surface area contributed by atoms with E-state index in [-0.39, 0.29) is 12.7 Å². The molecular formula is C17H21N3O5. The number of nitrogens with zero attached hydrogens (tertiary/aromatic N) is 2. The molecule has 134 valence electrons. The van der Waals surface area contributed by atoms with Crippen molar-refractivity contribution < 1.29 is 23.7 Å². The van der Waals surface area contributed by atoms with Gasteiger partial charge in [-0.15, -0.1) is 0 Å². The van der Waals surface area contributed by atoms with E-state index in [9.17, 15) is 4.79 Å². The van der Waals surface area contributed by atoms with Crippen LogP contribution in [0, 0.1) is 0 Å². The summed E-state index contributed by atoms with van der Waals surface area (Å²) in [5.74, 6) is 1.66. The summed E-state index contributed by atoms with van der Waals surface area (Å²) in [6.45, 7) is 3.98. The number of nitrogens with one attached hydrogen (secondary N) is 1. The highest BCUT2D eigenvalue weighted by Gasteiger charge is 2.17. The molecule has 1 aromatic heterocycles. The Hall–Kier alpha value is -2.74. The smallest absolute Gasteiger partial charge is 0.260 e. The molecule has 0 fully saturated rings. The van der Waals surface area contributed by atoms with E-state index in [4.69, 9.17) is 18.9 Å². The predicted molar refractivity (Wildman–Crippen MR) is 88.7 cm³/mol. The van der Waals surface area contributed by atoms with Gasteiger partial charge in [-0.3, -0.25) is 9.48 Å². The molecule has 3 rings (SSSR count). The fraction of sp³-hybridized carbons (Fsp3) is 0.412. The zero-order valence-electron chi connectivity index (χ0n) is 14.0. The summed E-state index contributed by atoms with van der Waals surface area (Å²) in [4.78, 5) is 12.0. The predicted octanol–water partition coefficient (Wildman–Crippen LogP) is 1.21. The molecule has 0 bridgehead atoms. The van der Waals surface area contributed by atoms with Crippen molar-refractivity contribution in [2.75, 3.05) is 26.6 Å². The quantitative estimate of drug-likeness (QED) is 0.687. The van der Waals surface area contributed by atoms with Crippen LogP contribution in [-0.4, -0.2) is 48.3 Å². The standard InChI is InChI=1S/C17H21N3O5/c1-13(25-14-3-4-15-16(11-14)24-12-23-15)17(21)18-6-9-22-10-8-20-7-2-5-19-20/h2-5,7,11,13H,6,8-10,12H2,1H3,(H,18,21)/t13-/m0/s1. The van der Waals surface area contributed by atoms with Gasteiger partial charge in [0.25, 0.3) is 5.91 Å². The van der Waals surface area contributed by atoms with Gasteiger partial charge in [-0.05, 0) is 25.1 Å². The van der Waals surface area contributed by atoms with Crippen LogP contribution in [0.1, 0.15) is 6.92 Å². The summed E-state index contributed by atoms with van der Waals surface area (Å²) in [7, 11) is 0. The van der Waals surface area contributed by atoms with Crippen molar-refractivity contribution in [1.82, 2.24) is 15.1 Å². The van der Waals surface area contributed by atoms with E-state index in [1.54, 1.807) is 36.0 Å². The first-order chi connectivity index (χ1) is 12.2. The summed E-state index contributed by atoms with van der Waals surface area (Å²) in [6, 6.07) is 7.08. The fourth-order valence-electron chi connectivity index (χ4n) is 2.29. The van der Waals surface area contributed by atoms with Crippen molar-refractivity contribution in [2.45, 2.75) is 19.6 Å². The lowest BCUT2D eigenvalue weighted by Crippen LogP contribution is -2.38. The maximum Gasteiger partial charge on any atom is 0.260 e. The Morgan fingerprint density at radius 3 is 3.08 bits per heavy atom. The summed E-state index contributed by atoms with van der Waals surface area (Å²) >= 11 is 0. The van der Waals surface area contributed by atoms with Crippen LogP contribution in [0.5, 0.6) is 17.2 Å². The van der Waals surface area contributed by atoms with Gasteiger partial charge in [0.1, 0.15) is 5.75 Å². The van der Waals surface area contributed by atoms with Crippen LogP contribution in [0.2, 0.25) is 0 Å². The van der Waals surface area contributed by atoms with Gasteiger partial charge in [0.15, 0.2) is 17.6 Å². The molecule has 1 aliphatic heterocycles. The maximum atomic E-state index is 12.0. The molecular weight excluding hydrogens is 326 g/mol. The van der Waals surface area contributed by atoms with Crippen LogP contribution in [0.3, 0.4) is 0 Å². The monoisotopic (exact) mass is 347 g/mol. The van der Waals surface area contributed by atoms with Crippen LogP contribution in [0.15, 0.2) is 36.7 Å². The second-order valence-electron chi connectivity index (χ2n) is 5.45. The number of benzene rings is 1. The number of aromatic nitrogens is 2. The average Bonchev–Trinajstić information content (AvgIpc) is 3.28. The highest BCUT2D eigenvalue weighted by Crippen LogP contribution is 2.35. The average molecular weight is 347 g/mol. The van der Waals surface area contributed by atoms with Crippen LogP contribution in [0.25, 0.3) is 0 Å². The minimum atomic E-state index is -0.621. The van der Waals surface area contributed by atoms with E-state index in [2.05, 4.69) is 10.4 Å². The highest BCUT2D eigenvalue weighted by molar-refractivity contribution is 5.80.